The highest BCUT2D eigenvalue weighted by Crippen LogP contribution is 2.42. The molecular formula is C60H36N6. The summed E-state index contributed by atoms with van der Waals surface area (Å²) in [6.45, 7) is 7.91. The van der Waals surface area contributed by atoms with Crippen LogP contribution in [0.15, 0.2) is 219 Å². The summed E-state index contributed by atoms with van der Waals surface area (Å²) >= 11 is 0. The first-order valence-corrected chi connectivity index (χ1v) is 21.8. The molecule has 66 heavy (non-hydrogen) atoms. The Morgan fingerprint density at radius 2 is 0.818 bits per heavy atom. The Balaban J connectivity index is 1.14. The van der Waals surface area contributed by atoms with Crippen LogP contribution in [0, 0.1) is 17.9 Å². The van der Waals surface area contributed by atoms with Gasteiger partial charge in [0, 0.05) is 45.1 Å². The van der Waals surface area contributed by atoms with Crippen LogP contribution in [0.1, 0.15) is 5.56 Å². The molecule has 6 heteroatoms. The highest BCUT2D eigenvalue weighted by molar-refractivity contribution is 6.12. The summed E-state index contributed by atoms with van der Waals surface area (Å²) in [4.78, 5) is 13.2. The largest absolute Gasteiger partial charge is 0.308 e. The Morgan fingerprint density at radius 3 is 1.32 bits per heavy atom. The molecule has 0 amide bonds. The van der Waals surface area contributed by atoms with Gasteiger partial charge in [0.15, 0.2) is 5.69 Å². The second-order valence-electron chi connectivity index (χ2n) is 16.4. The lowest BCUT2D eigenvalue weighted by Gasteiger charge is -2.19. The number of benzene rings is 8. The molecule has 0 radical (unpaired) electrons. The lowest BCUT2D eigenvalue weighted by Crippen LogP contribution is -2.05. The fraction of sp³-hybridized carbons (Fsp3) is 0. The van der Waals surface area contributed by atoms with Gasteiger partial charge in [0.1, 0.15) is 11.6 Å². The normalized spacial score (nSPS) is 11.3. The summed E-state index contributed by atoms with van der Waals surface area (Å²) in [5, 5.41) is 16.0. The number of hydrogen-bond acceptors (Lipinski definition) is 3. The number of rotatable bonds is 7. The molecule has 0 aliphatic heterocycles. The van der Waals surface area contributed by atoms with Crippen LogP contribution in [0.2, 0.25) is 0 Å². The third-order valence-electron chi connectivity index (χ3n) is 12.7. The van der Waals surface area contributed by atoms with Crippen LogP contribution in [0.25, 0.3) is 116 Å². The summed E-state index contributed by atoms with van der Waals surface area (Å²) in [6, 6.07) is 73.6. The van der Waals surface area contributed by atoms with E-state index in [0.717, 1.165) is 111 Å². The third kappa shape index (κ3) is 6.41. The van der Waals surface area contributed by atoms with Gasteiger partial charge in [-0.3, -0.25) is 9.97 Å². The van der Waals surface area contributed by atoms with Crippen molar-refractivity contribution in [1.82, 2.24) is 19.1 Å². The molecule has 8 aromatic carbocycles. The molecule has 0 unspecified atom stereocenters. The van der Waals surface area contributed by atoms with Crippen molar-refractivity contribution >= 4 is 49.3 Å². The molecule has 0 saturated carbocycles. The molecule has 0 bridgehead atoms. The van der Waals surface area contributed by atoms with E-state index in [1.807, 2.05) is 73.1 Å². The van der Waals surface area contributed by atoms with Crippen LogP contribution >= 0.6 is 0 Å². The first-order chi connectivity index (χ1) is 32.6. The van der Waals surface area contributed by atoms with Gasteiger partial charge < -0.3 is 9.13 Å². The molecular weight excluding hydrogens is 805 g/mol. The number of fused-ring (bicyclic) bond motifs is 6. The van der Waals surface area contributed by atoms with Gasteiger partial charge in [0.2, 0.25) is 0 Å². The van der Waals surface area contributed by atoms with Gasteiger partial charge in [0.05, 0.1) is 51.4 Å². The SMILES string of the molecule is [C-]#[N+]c1cccc(-c2cc(-n3c4ccccc4c4ccc(-c5ccnc(-c6ccccc6)c5)cc43)c(C#N)c(-n3c4ccccc4c4ccc(-c5ccnc(-c6ccccc6)c5)cc43)c2)c1. The van der Waals surface area contributed by atoms with Crippen molar-refractivity contribution in [2.45, 2.75) is 0 Å². The van der Waals surface area contributed by atoms with E-state index in [4.69, 9.17) is 16.5 Å². The molecule has 4 aromatic heterocycles. The van der Waals surface area contributed by atoms with Crippen molar-refractivity contribution < 1.29 is 0 Å². The number of hydrogen-bond donors (Lipinski definition) is 0. The average molecular weight is 841 g/mol. The van der Waals surface area contributed by atoms with Gasteiger partial charge in [-0.05, 0) is 100 Å². The van der Waals surface area contributed by atoms with Gasteiger partial charge >= 0.3 is 0 Å². The zero-order valence-electron chi connectivity index (χ0n) is 35.5. The maximum Gasteiger partial charge on any atom is 0.187 e. The summed E-state index contributed by atoms with van der Waals surface area (Å²) in [5.74, 6) is 0. The van der Waals surface area contributed by atoms with E-state index in [9.17, 15) is 5.26 Å². The van der Waals surface area contributed by atoms with Crippen molar-refractivity contribution in [2.75, 3.05) is 0 Å². The quantitative estimate of drug-likeness (QED) is 0.150. The van der Waals surface area contributed by atoms with Gasteiger partial charge in [-0.1, -0.05) is 140 Å². The van der Waals surface area contributed by atoms with E-state index < -0.39 is 0 Å². The molecule has 0 atom stereocenters. The van der Waals surface area contributed by atoms with Crippen LogP contribution in [0.5, 0.6) is 0 Å². The zero-order valence-corrected chi connectivity index (χ0v) is 35.5. The minimum absolute atomic E-state index is 0.520. The fourth-order valence-electron chi connectivity index (χ4n) is 9.57. The Morgan fingerprint density at radius 1 is 0.379 bits per heavy atom. The molecule has 0 fully saturated rings. The fourth-order valence-corrected chi connectivity index (χ4v) is 9.57. The Hall–Kier alpha value is -9.36. The van der Waals surface area contributed by atoms with E-state index in [1.165, 1.54) is 0 Å². The number of pyridine rings is 2. The summed E-state index contributed by atoms with van der Waals surface area (Å²) in [7, 11) is 0. The lowest BCUT2D eigenvalue weighted by molar-refractivity contribution is 1.12. The van der Waals surface area contributed by atoms with Crippen molar-refractivity contribution in [3.63, 3.8) is 0 Å². The van der Waals surface area contributed by atoms with Gasteiger partial charge in [0.25, 0.3) is 0 Å². The van der Waals surface area contributed by atoms with Crippen molar-refractivity contribution in [3.8, 4) is 73.3 Å². The molecule has 0 N–H and O–H groups in total. The average Bonchev–Trinajstić information content (AvgIpc) is 3.91. The lowest BCUT2D eigenvalue weighted by atomic mass is 9.99. The van der Waals surface area contributed by atoms with Crippen LogP contribution < -0.4 is 0 Å². The number of nitrogens with zero attached hydrogens (tertiary/aromatic N) is 6. The van der Waals surface area contributed by atoms with E-state index in [0.29, 0.717) is 11.3 Å². The second-order valence-corrected chi connectivity index (χ2v) is 16.4. The molecule has 0 aliphatic rings. The molecule has 6 nitrogen and oxygen atoms in total. The minimum Gasteiger partial charge on any atom is -0.308 e. The standard InChI is InChI=1S/C60H36N6/c1-62-47-18-12-17-41(31-47)46-36-59(65-55-21-10-8-19-48(55)50-25-23-42(34-57(50)65)44-27-29-63-53(32-44)39-13-4-2-5-14-39)52(38-61)60(37-46)66-56-22-11-9-20-49(56)51-26-24-43(35-58(51)66)45-28-30-64-54(33-45)40-15-6-3-7-16-40/h2-37H. The van der Waals surface area contributed by atoms with Crippen LogP contribution in [-0.2, 0) is 0 Å². The third-order valence-corrected chi connectivity index (χ3v) is 12.7. The summed E-state index contributed by atoms with van der Waals surface area (Å²) < 4.78 is 4.50. The zero-order chi connectivity index (χ0) is 44.1. The topological polar surface area (TPSA) is 63.8 Å². The van der Waals surface area contributed by atoms with E-state index in [-0.39, 0.29) is 0 Å². The van der Waals surface area contributed by atoms with E-state index in [1.54, 1.807) is 0 Å². The van der Waals surface area contributed by atoms with Gasteiger partial charge in [-0.2, -0.15) is 5.26 Å². The highest BCUT2D eigenvalue weighted by atomic mass is 15.0. The minimum atomic E-state index is 0.520. The first-order valence-electron chi connectivity index (χ1n) is 21.8. The van der Waals surface area contributed by atoms with E-state index in [2.05, 4.69) is 166 Å². The van der Waals surface area contributed by atoms with Crippen LogP contribution in [0.4, 0.5) is 5.69 Å². The smallest absolute Gasteiger partial charge is 0.187 e. The predicted molar refractivity (Wildman–Crippen MR) is 269 cm³/mol. The molecule has 12 rings (SSSR count). The molecule has 4 heterocycles. The molecule has 0 saturated heterocycles. The number of para-hydroxylation sites is 2. The maximum atomic E-state index is 11.6. The molecule has 0 aliphatic carbocycles. The summed E-state index contributed by atoms with van der Waals surface area (Å²) in [5.41, 5.74) is 16.3. The van der Waals surface area contributed by atoms with Crippen molar-refractivity contribution in [3.05, 3.63) is 236 Å². The molecule has 306 valence electrons. The van der Waals surface area contributed by atoms with Crippen LogP contribution in [-0.4, -0.2) is 19.1 Å². The monoisotopic (exact) mass is 840 g/mol. The summed E-state index contributed by atoms with van der Waals surface area (Å²) in [6.07, 6.45) is 3.73. The molecule has 12 aromatic rings. The Bertz CT molecular complexity index is 3740. The number of aromatic nitrogens is 4. The molecule has 0 spiro atoms. The van der Waals surface area contributed by atoms with Crippen molar-refractivity contribution in [2.24, 2.45) is 0 Å². The van der Waals surface area contributed by atoms with Gasteiger partial charge in [-0.15, -0.1) is 0 Å². The first kappa shape index (κ1) is 38.3. The van der Waals surface area contributed by atoms with Gasteiger partial charge in [-0.25, -0.2) is 4.85 Å². The van der Waals surface area contributed by atoms with E-state index >= 15 is 0 Å². The Labute approximate surface area is 381 Å². The maximum absolute atomic E-state index is 11.6. The number of nitriles is 1. The van der Waals surface area contributed by atoms with Crippen LogP contribution in [0.3, 0.4) is 0 Å². The van der Waals surface area contributed by atoms with Crippen molar-refractivity contribution in [1.29, 1.82) is 5.26 Å². The second kappa shape index (κ2) is 15.8. The predicted octanol–water partition coefficient (Wildman–Crippen LogP) is 15.4. The Kier molecular flexibility index (Phi) is 9.16. The highest BCUT2D eigenvalue weighted by Gasteiger charge is 2.23.